The van der Waals surface area contributed by atoms with E-state index in [0.29, 0.717) is 10.8 Å². The van der Waals surface area contributed by atoms with Gasteiger partial charge in [-0.15, -0.1) is 0 Å². The molecule has 0 aromatic heterocycles. The van der Waals surface area contributed by atoms with Gasteiger partial charge in [0.1, 0.15) is 0 Å². The molecule has 2 rings (SSSR count). The molecule has 112 valence electrons. The summed E-state index contributed by atoms with van der Waals surface area (Å²) in [7, 11) is 0. The minimum Gasteiger partial charge on any atom is -0.381 e. The largest absolute Gasteiger partial charge is 0.381 e. The summed E-state index contributed by atoms with van der Waals surface area (Å²) in [5, 5.41) is 0. The Morgan fingerprint density at radius 1 is 0.632 bits per heavy atom. The van der Waals surface area contributed by atoms with Crippen LogP contribution in [0.5, 0.6) is 0 Å². The van der Waals surface area contributed by atoms with Gasteiger partial charge in [-0.25, -0.2) is 0 Å². The van der Waals surface area contributed by atoms with Crippen LogP contribution in [0.4, 0.5) is 0 Å². The van der Waals surface area contributed by atoms with E-state index >= 15 is 0 Å². The molecule has 0 aliphatic heterocycles. The first-order chi connectivity index (χ1) is 9.12. The standard InChI is InChI=1S/C18H34O/c1-17(9-5-3-6-10-17)13-15-19-16-14-18(2)11-7-4-8-12-18/h3-16H2,1-2H3. The zero-order valence-corrected chi connectivity index (χ0v) is 13.3. The lowest BCUT2D eigenvalue weighted by Crippen LogP contribution is -2.24. The molecule has 2 fully saturated rings. The van der Waals surface area contributed by atoms with Crippen LogP contribution in [0.25, 0.3) is 0 Å². The molecule has 2 aliphatic carbocycles. The van der Waals surface area contributed by atoms with Crippen molar-refractivity contribution in [3.63, 3.8) is 0 Å². The smallest absolute Gasteiger partial charge is 0.0471 e. The molecule has 0 aromatic carbocycles. The minimum atomic E-state index is 0.590. The molecule has 0 amide bonds. The Hall–Kier alpha value is -0.0400. The van der Waals surface area contributed by atoms with E-state index in [0.717, 1.165) is 13.2 Å². The average molecular weight is 266 g/mol. The summed E-state index contributed by atoms with van der Waals surface area (Å²) in [4.78, 5) is 0. The molecule has 0 N–H and O–H groups in total. The maximum atomic E-state index is 5.97. The SMILES string of the molecule is CC1(CCOCCC2(C)CCCCC2)CCCCC1. The maximum absolute atomic E-state index is 5.97. The van der Waals surface area contributed by atoms with Gasteiger partial charge < -0.3 is 4.74 Å². The quantitative estimate of drug-likeness (QED) is 0.558. The van der Waals surface area contributed by atoms with Crippen LogP contribution in [-0.2, 0) is 4.74 Å². The molecular weight excluding hydrogens is 232 g/mol. The lowest BCUT2D eigenvalue weighted by atomic mass is 9.73. The fourth-order valence-electron chi connectivity index (χ4n) is 4.05. The van der Waals surface area contributed by atoms with Crippen molar-refractivity contribution in [3.8, 4) is 0 Å². The zero-order valence-electron chi connectivity index (χ0n) is 13.3. The van der Waals surface area contributed by atoms with E-state index in [1.54, 1.807) is 0 Å². The third-order valence-electron chi connectivity index (χ3n) is 5.82. The van der Waals surface area contributed by atoms with Crippen molar-refractivity contribution in [2.45, 2.75) is 90.9 Å². The van der Waals surface area contributed by atoms with E-state index in [1.807, 2.05) is 0 Å². The minimum absolute atomic E-state index is 0.590. The van der Waals surface area contributed by atoms with Gasteiger partial charge in [0.15, 0.2) is 0 Å². The Balaban J connectivity index is 1.56. The van der Waals surface area contributed by atoms with Gasteiger partial charge in [0.05, 0.1) is 0 Å². The van der Waals surface area contributed by atoms with E-state index < -0.39 is 0 Å². The van der Waals surface area contributed by atoms with Gasteiger partial charge in [-0.3, -0.25) is 0 Å². The normalized spacial score (nSPS) is 26.2. The number of hydrogen-bond acceptors (Lipinski definition) is 1. The first-order valence-electron chi connectivity index (χ1n) is 8.70. The summed E-state index contributed by atoms with van der Waals surface area (Å²) in [5.74, 6) is 0. The molecule has 0 aromatic rings. The van der Waals surface area contributed by atoms with E-state index in [-0.39, 0.29) is 0 Å². The fourth-order valence-corrected chi connectivity index (χ4v) is 4.05. The Kier molecular flexibility index (Phi) is 5.74. The number of rotatable bonds is 6. The molecule has 2 aliphatic rings. The Morgan fingerprint density at radius 2 is 1.00 bits per heavy atom. The monoisotopic (exact) mass is 266 g/mol. The average Bonchev–Trinajstić information content (AvgIpc) is 2.40. The van der Waals surface area contributed by atoms with Crippen LogP contribution in [0.1, 0.15) is 90.9 Å². The van der Waals surface area contributed by atoms with Crippen molar-refractivity contribution < 1.29 is 4.74 Å². The molecule has 19 heavy (non-hydrogen) atoms. The van der Waals surface area contributed by atoms with Gasteiger partial charge in [-0.2, -0.15) is 0 Å². The van der Waals surface area contributed by atoms with E-state index in [4.69, 9.17) is 4.74 Å². The second-order valence-corrected chi connectivity index (χ2v) is 7.86. The summed E-state index contributed by atoms with van der Waals surface area (Å²) in [6.45, 7) is 6.93. The molecule has 0 radical (unpaired) electrons. The summed E-state index contributed by atoms with van der Waals surface area (Å²) in [6.07, 6.45) is 16.9. The molecular formula is C18H34O. The van der Waals surface area contributed by atoms with Gasteiger partial charge in [-0.05, 0) is 49.4 Å². The first kappa shape index (κ1) is 15.4. The van der Waals surface area contributed by atoms with Gasteiger partial charge in [0.25, 0.3) is 0 Å². The molecule has 0 bridgehead atoms. The second-order valence-electron chi connectivity index (χ2n) is 7.86. The third kappa shape index (κ3) is 5.10. The summed E-state index contributed by atoms with van der Waals surface area (Å²) in [6, 6.07) is 0. The van der Waals surface area contributed by atoms with Crippen molar-refractivity contribution in [2.75, 3.05) is 13.2 Å². The molecule has 0 unspecified atom stereocenters. The van der Waals surface area contributed by atoms with Crippen LogP contribution >= 0.6 is 0 Å². The lowest BCUT2D eigenvalue weighted by Gasteiger charge is -2.35. The van der Waals surface area contributed by atoms with E-state index in [1.165, 1.54) is 77.0 Å². The highest BCUT2D eigenvalue weighted by molar-refractivity contribution is 4.79. The van der Waals surface area contributed by atoms with Crippen molar-refractivity contribution in [1.82, 2.24) is 0 Å². The van der Waals surface area contributed by atoms with E-state index in [2.05, 4.69) is 13.8 Å². The zero-order chi connectivity index (χ0) is 13.6. The predicted molar refractivity (Wildman–Crippen MR) is 82.4 cm³/mol. The van der Waals surface area contributed by atoms with Crippen LogP contribution in [0.2, 0.25) is 0 Å². The highest BCUT2D eigenvalue weighted by Gasteiger charge is 2.27. The summed E-state index contributed by atoms with van der Waals surface area (Å²) >= 11 is 0. The van der Waals surface area contributed by atoms with Crippen molar-refractivity contribution in [3.05, 3.63) is 0 Å². The van der Waals surface area contributed by atoms with Gasteiger partial charge in [0.2, 0.25) is 0 Å². The van der Waals surface area contributed by atoms with Crippen LogP contribution in [-0.4, -0.2) is 13.2 Å². The molecule has 1 heteroatoms. The van der Waals surface area contributed by atoms with Crippen molar-refractivity contribution in [1.29, 1.82) is 0 Å². The number of ether oxygens (including phenoxy) is 1. The summed E-state index contributed by atoms with van der Waals surface area (Å²) in [5.41, 5.74) is 1.18. The van der Waals surface area contributed by atoms with Crippen LogP contribution in [0.15, 0.2) is 0 Å². The highest BCUT2D eigenvalue weighted by Crippen LogP contribution is 2.40. The number of hydrogen-bond donors (Lipinski definition) is 0. The van der Waals surface area contributed by atoms with Crippen LogP contribution < -0.4 is 0 Å². The van der Waals surface area contributed by atoms with Gasteiger partial charge >= 0.3 is 0 Å². The van der Waals surface area contributed by atoms with Crippen LogP contribution in [0.3, 0.4) is 0 Å². The predicted octanol–water partition coefficient (Wildman–Crippen LogP) is 5.72. The topological polar surface area (TPSA) is 9.23 Å². The summed E-state index contributed by atoms with van der Waals surface area (Å²) < 4.78 is 5.97. The van der Waals surface area contributed by atoms with Crippen molar-refractivity contribution in [2.24, 2.45) is 10.8 Å². The molecule has 2 saturated carbocycles. The van der Waals surface area contributed by atoms with Crippen LogP contribution in [0, 0.1) is 10.8 Å². The Morgan fingerprint density at radius 3 is 1.37 bits per heavy atom. The third-order valence-corrected chi connectivity index (χ3v) is 5.82. The molecule has 1 nitrogen and oxygen atoms in total. The van der Waals surface area contributed by atoms with Crippen molar-refractivity contribution >= 4 is 0 Å². The molecule has 0 atom stereocenters. The fraction of sp³-hybridized carbons (Fsp3) is 1.00. The molecule has 0 saturated heterocycles. The lowest BCUT2D eigenvalue weighted by molar-refractivity contribution is 0.0549. The molecule has 0 spiro atoms. The second kappa shape index (κ2) is 7.11. The molecule has 0 heterocycles. The highest BCUT2D eigenvalue weighted by atomic mass is 16.5. The maximum Gasteiger partial charge on any atom is 0.0471 e. The van der Waals surface area contributed by atoms with E-state index in [9.17, 15) is 0 Å². The Bertz CT molecular complexity index is 220. The van der Waals surface area contributed by atoms with Gasteiger partial charge in [-0.1, -0.05) is 52.4 Å². The Labute approximate surface area is 120 Å². The first-order valence-corrected chi connectivity index (χ1v) is 8.70. The van der Waals surface area contributed by atoms with Gasteiger partial charge in [0, 0.05) is 13.2 Å².